The van der Waals surface area contributed by atoms with Crippen LogP contribution < -0.4 is 5.73 Å². The number of fused-ring (bicyclic) bond motifs is 3. The van der Waals surface area contributed by atoms with Gasteiger partial charge in [-0.15, -0.1) is 0 Å². The van der Waals surface area contributed by atoms with Gasteiger partial charge in [0.15, 0.2) is 0 Å². The smallest absolute Gasteiger partial charge is 0.322 e. The maximum absolute atomic E-state index is 12.2. The van der Waals surface area contributed by atoms with Crippen molar-refractivity contribution in [2.24, 2.45) is 11.7 Å². The van der Waals surface area contributed by atoms with Crippen LogP contribution in [-0.2, 0) is 9.53 Å². The van der Waals surface area contributed by atoms with Crippen LogP contribution in [0.3, 0.4) is 0 Å². The van der Waals surface area contributed by atoms with Crippen LogP contribution in [0.5, 0.6) is 0 Å². The van der Waals surface area contributed by atoms with Gasteiger partial charge in [0.1, 0.15) is 12.1 Å². The second-order valence-corrected chi connectivity index (χ2v) is 7.69. The fourth-order valence-corrected chi connectivity index (χ4v) is 4.49. The molecule has 2 unspecified atom stereocenters. The van der Waals surface area contributed by atoms with E-state index in [1.54, 1.807) is 6.92 Å². The topological polar surface area (TPSA) is 70.1 Å². The Labute approximate surface area is 154 Å². The Morgan fingerprint density at radius 2 is 2.08 bits per heavy atom. The second kappa shape index (κ2) is 7.23. The van der Waals surface area contributed by atoms with E-state index < -0.39 is 6.04 Å². The fourth-order valence-electron chi connectivity index (χ4n) is 4.49. The third kappa shape index (κ3) is 3.16. The maximum atomic E-state index is 12.2. The molecule has 2 aromatic rings. The summed E-state index contributed by atoms with van der Waals surface area (Å²) in [5.74, 6) is 0.129. The highest BCUT2D eigenvalue weighted by Gasteiger charge is 2.35. The van der Waals surface area contributed by atoms with Crippen molar-refractivity contribution in [3.63, 3.8) is 0 Å². The van der Waals surface area contributed by atoms with Gasteiger partial charge >= 0.3 is 5.97 Å². The van der Waals surface area contributed by atoms with Crippen molar-refractivity contribution in [2.75, 3.05) is 0 Å². The number of nitrogens with two attached hydrogens (primary N) is 1. The molecule has 2 N–H and O–H groups in total. The molecule has 1 saturated carbocycles. The molecule has 1 aromatic carbocycles. The number of ether oxygens (including phenoxy) is 1. The van der Waals surface area contributed by atoms with E-state index in [-0.39, 0.29) is 18.1 Å². The van der Waals surface area contributed by atoms with Crippen molar-refractivity contribution in [1.29, 1.82) is 0 Å². The number of nitrogens with zero attached hydrogens (tertiary/aromatic N) is 2. The molecule has 1 aromatic heterocycles. The van der Waals surface area contributed by atoms with Crippen LogP contribution in [0.25, 0.3) is 11.3 Å². The van der Waals surface area contributed by atoms with E-state index in [4.69, 9.17) is 10.5 Å². The van der Waals surface area contributed by atoms with Gasteiger partial charge in [0.05, 0.1) is 24.3 Å². The van der Waals surface area contributed by atoms with Crippen molar-refractivity contribution in [3.8, 4) is 11.3 Å². The summed E-state index contributed by atoms with van der Waals surface area (Å²) in [4.78, 5) is 16.6. The van der Waals surface area contributed by atoms with Gasteiger partial charge in [-0.2, -0.15) is 0 Å². The zero-order valence-corrected chi connectivity index (χ0v) is 15.3. The lowest BCUT2D eigenvalue weighted by Crippen LogP contribution is -2.37. The van der Waals surface area contributed by atoms with Crippen molar-refractivity contribution in [1.82, 2.24) is 9.55 Å². The average Bonchev–Trinajstić information content (AvgIpc) is 3.24. The van der Waals surface area contributed by atoms with Gasteiger partial charge in [0, 0.05) is 12.0 Å². The molecule has 5 heteroatoms. The normalized spacial score (nSPS) is 21.7. The van der Waals surface area contributed by atoms with Crippen molar-refractivity contribution >= 4 is 5.97 Å². The average molecular weight is 353 g/mol. The summed E-state index contributed by atoms with van der Waals surface area (Å²) < 4.78 is 8.14. The lowest BCUT2D eigenvalue weighted by molar-refractivity contribution is -0.154. The van der Waals surface area contributed by atoms with Crippen LogP contribution in [0.1, 0.15) is 57.1 Å². The van der Waals surface area contributed by atoms with E-state index >= 15 is 0 Å². The first-order chi connectivity index (χ1) is 12.6. The number of benzene rings is 1. The molecule has 26 heavy (non-hydrogen) atoms. The number of imidazole rings is 1. The zero-order chi connectivity index (χ0) is 18.1. The number of hydrogen-bond donors (Lipinski definition) is 1. The van der Waals surface area contributed by atoms with Crippen LogP contribution in [0.15, 0.2) is 36.8 Å². The summed E-state index contributed by atoms with van der Waals surface area (Å²) in [7, 11) is 0. The lowest BCUT2D eigenvalue weighted by Gasteiger charge is -2.32. The highest BCUT2D eigenvalue weighted by Crippen LogP contribution is 2.43. The number of carbonyl (C=O) groups excluding carboxylic acids is 1. The largest absolute Gasteiger partial charge is 0.461 e. The predicted molar refractivity (Wildman–Crippen MR) is 101 cm³/mol. The summed E-state index contributed by atoms with van der Waals surface area (Å²) in [6.07, 6.45) is 10.5. The fraction of sp³-hybridized carbons (Fsp3) is 0.524. The van der Waals surface area contributed by atoms with Gasteiger partial charge in [-0.3, -0.25) is 4.79 Å². The highest BCUT2D eigenvalue weighted by atomic mass is 16.5. The van der Waals surface area contributed by atoms with E-state index in [9.17, 15) is 4.79 Å². The molecule has 2 aliphatic rings. The maximum Gasteiger partial charge on any atom is 0.322 e. The number of hydrogen-bond acceptors (Lipinski definition) is 4. The monoisotopic (exact) mass is 353 g/mol. The molecule has 2 heterocycles. The molecule has 0 bridgehead atoms. The molecule has 138 valence electrons. The standard InChI is InChI=1S/C21H27N3O2/c1-14(22)21(25)26-20(15-7-3-2-4-8-15)11-18-16-9-5-6-10-17(16)19-12-23-13-24(18)19/h5-6,9-10,12-15,18,20H,2-4,7-8,11,22H2,1H3/t14-,18?,20?/m0/s1. The molecule has 0 saturated heterocycles. The Bertz CT molecular complexity index is 777. The molecule has 1 aliphatic carbocycles. The third-order valence-corrected chi connectivity index (χ3v) is 5.87. The van der Waals surface area contributed by atoms with E-state index in [2.05, 4.69) is 33.8 Å². The van der Waals surface area contributed by atoms with Gasteiger partial charge in [-0.1, -0.05) is 43.5 Å². The van der Waals surface area contributed by atoms with Crippen molar-refractivity contribution in [2.45, 2.75) is 63.6 Å². The second-order valence-electron chi connectivity index (χ2n) is 7.69. The van der Waals surface area contributed by atoms with E-state index in [1.807, 2.05) is 12.5 Å². The first-order valence-electron chi connectivity index (χ1n) is 9.72. The van der Waals surface area contributed by atoms with E-state index in [1.165, 1.54) is 30.4 Å². The third-order valence-electron chi connectivity index (χ3n) is 5.87. The van der Waals surface area contributed by atoms with Crippen LogP contribution in [-0.4, -0.2) is 27.7 Å². The Kier molecular flexibility index (Phi) is 4.81. The molecular weight excluding hydrogens is 326 g/mol. The SMILES string of the molecule is C[C@H](N)C(=O)OC(CC1c2ccccc2-c2cncn21)C1CCCCC1. The van der Waals surface area contributed by atoms with Crippen LogP contribution in [0, 0.1) is 5.92 Å². The van der Waals surface area contributed by atoms with Gasteiger partial charge in [0.25, 0.3) is 0 Å². The molecule has 5 nitrogen and oxygen atoms in total. The van der Waals surface area contributed by atoms with Crippen LogP contribution >= 0.6 is 0 Å². The summed E-state index contributed by atoms with van der Waals surface area (Å²) in [6, 6.07) is 8.05. The summed E-state index contributed by atoms with van der Waals surface area (Å²) in [5.41, 5.74) is 9.44. The minimum atomic E-state index is -0.583. The Hall–Kier alpha value is -2.14. The minimum absolute atomic E-state index is 0.0970. The molecular formula is C21H27N3O2. The first kappa shape index (κ1) is 17.3. The molecule has 1 fully saturated rings. The predicted octanol–water partition coefficient (Wildman–Crippen LogP) is 3.68. The highest BCUT2D eigenvalue weighted by molar-refractivity contribution is 5.75. The molecule has 0 radical (unpaired) electrons. The molecule has 0 amide bonds. The van der Waals surface area contributed by atoms with Crippen LogP contribution in [0.4, 0.5) is 0 Å². The Balaban J connectivity index is 1.62. The van der Waals surface area contributed by atoms with Crippen LogP contribution in [0.2, 0.25) is 0 Å². The van der Waals surface area contributed by atoms with Gasteiger partial charge in [0.2, 0.25) is 0 Å². The van der Waals surface area contributed by atoms with Crippen molar-refractivity contribution < 1.29 is 9.53 Å². The van der Waals surface area contributed by atoms with Gasteiger partial charge in [-0.05, 0) is 31.2 Å². The molecule has 1 aliphatic heterocycles. The zero-order valence-electron chi connectivity index (χ0n) is 15.3. The molecule has 3 atom stereocenters. The van der Waals surface area contributed by atoms with E-state index in [0.717, 1.165) is 25.0 Å². The van der Waals surface area contributed by atoms with Gasteiger partial charge < -0.3 is 15.0 Å². The Morgan fingerprint density at radius 3 is 2.85 bits per heavy atom. The summed E-state index contributed by atoms with van der Waals surface area (Å²) >= 11 is 0. The number of carbonyl (C=O) groups is 1. The Morgan fingerprint density at radius 1 is 1.31 bits per heavy atom. The van der Waals surface area contributed by atoms with Gasteiger partial charge in [-0.25, -0.2) is 4.98 Å². The summed E-state index contributed by atoms with van der Waals surface area (Å²) in [6.45, 7) is 1.69. The number of esters is 1. The first-order valence-corrected chi connectivity index (χ1v) is 9.72. The molecule has 0 spiro atoms. The minimum Gasteiger partial charge on any atom is -0.461 e. The summed E-state index contributed by atoms with van der Waals surface area (Å²) in [5, 5.41) is 0. The quantitative estimate of drug-likeness (QED) is 0.833. The molecule has 4 rings (SSSR count). The number of aromatic nitrogens is 2. The van der Waals surface area contributed by atoms with Crippen molar-refractivity contribution in [3.05, 3.63) is 42.4 Å². The van der Waals surface area contributed by atoms with E-state index in [0.29, 0.717) is 5.92 Å². The lowest BCUT2D eigenvalue weighted by atomic mass is 9.82. The number of rotatable bonds is 5.